The van der Waals surface area contributed by atoms with Crippen LogP contribution >= 0.6 is 12.2 Å². The lowest BCUT2D eigenvalue weighted by Crippen LogP contribution is -2.31. The van der Waals surface area contributed by atoms with Crippen LogP contribution in [0.3, 0.4) is 0 Å². The molecule has 1 atom stereocenters. The monoisotopic (exact) mass is 298 g/mol. The first-order valence-electron chi connectivity index (χ1n) is 7.17. The quantitative estimate of drug-likeness (QED) is 0.806. The maximum atomic E-state index is 5.42. The van der Waals surface area contributed by atoms with Crippen LogP contribution < -0.4 is 10.6 Å². The van der Waals surface area contributed by atoms with Gasteiger partial charge in [-0.15, -0.1) is 0 Å². The van der Waals surface area contributed by atoms with E-state index in [9.17, 15) is 0 Å². The van der Waals surface area contributed by atoms with Crippen molar-refractivity contribution in [3.8, 4) is 0 Å². The molecule has 0 radical (unpaired) electrons. The smallest absolute Gasteiger partial charge is 0.171 e. The standard InChI is InChI=1S/C18H22N2S/c1-12-9-13(2)11-16(10-12)20-18(21)19-15(4)17-8-6-5-7-14(17)3/h5-11,15H,1-4H3,(H2,19,20,21)/t15-/m1/s1. The fraction of sp³-hybridized carbons (Fsp3) is 0.278. The molecule has 21 heavy (non-hydrogen) atoms. The van der Waals surface area contributed by atoms with Gasteiger partial charge in [-0.1, -0.05) is 30.3 Å². The van der Waals surface area contributed by atoms with Crippen LogP contribution in [0.4, 0.5) is 5.69 Å². The van der Waals surface area contributed by atoms with Gasteiger partial charge in [-0.25, -0.2) is 0 Å². The average molecular weight is 298 g/mol. The molecular weight excluding hydrogens is 276 g/mol. The van der Waals surface area contributed by atoms with Gasteiger partial charge in [-0.2, -0.15) is 0 Å². The molecule has 0 aliphatic carbocycles. The molecule has 3 heteroatoms. The molecule has 0 spiro atoms. The van der Waals surface area contributed by atoms with Crippen LogP contribution in [0.15, 0.2) is 42.5 Å². The third kappa shape index (κ3) is 4.30. The predicted octanol–water partition coefficient (Wildman–Crippen LogP) is 4.66. The van der Waals surface area contributed by atoms with Gasteiger partial charge in [0, 0.05) is 5.69 Å². The number of rotatable bonds is 3. The van der Waals surface area contributed by atoms with Crippen molar-refractivity contribution in [2.24, 2.45) is 0 Å². The molecule has 0 unspecified atom stereocenters. The summed E-state index contributed by atoms with van der Waals surface area (Å²) in [5.41, 5.74) is 6.02. The minimum atomic E-state index is 0.178. The highest BCUT2D eigenvalue weighted by atomic mass is 32.1. The maximum absolute atomic E-state index is 5.42. The summed E-state index contributed by atoms with van der Waals surface area (Å²) in [6.45, 7) is 8.42. The third-order valence-electron chi connectivity index (χ3n) is 3.48. The Morgan fingerprint density at radius 2 is 1.62 bits per heavy atom. The van der Waals surface area contributed by atoms with E-state index < -0.39 is 0 Å². The number of benzene rings is 2. The van der Waals surface area contributed by atoms with Crippen molar-refractivity contribution in [3.05, 3.63) is 64.7 Å². The zero-order valence-corrected chi connectivity index (χ0v) is 13.8. The number of hydrogen-bond acceptors (Lipinski definition) is 1. The lowest BCUT2D eigenvalue weighted by molar-refractivity contribution is 0.717. The average Bonchev–Trinajstić information content (AvgIpc) is 2.37. The number of hydrogen-bond donors (Lipinski definition) is 2. The van der Waals surface area contributed by atoms with Crippen LogP contribution in [-0.4, -0.2) is 5.11 Å². The van der Waals surface area contributed by atoms with Crippen molar-refractivity contribution in [2.75, 3.05) is 5.32 Å². The molecule has 0 aromatic heterocycles. The maximum Gasteiger partial charge on any atom is 0.171 e. The highest BCUT2D eigenvalue weighted by Crippen LogP contribution is 2.18. The molecule has 110 valence electrons. The van der Waals surface area contributed by atoms with Crippen molar-refractivity contribution < 1.29 is 0 Å². The molecule has 0 heterocycles. The fourth-order valence-electron chi connectivity index (χ4n) is 2.56. The summed E-state index contributed by atoms with van der Waals surface area (Å²) in [6.07, 6.45) is 0. The zero-order valence-electron chi connectivity index (χ0n) is 13.0. The van der Waals surface area contributed by atoms with Gasteiger partial charge < -0.3 is 10.6 Å². The van der Waals surface area contributed by atoms with E-state index >= 15 is 0 Å². The van der Waals surface area contributed by atoms with E-state index in [1.54, 1.807) is 0 Å². The van der Waals surface area contributed by atoms with Gasteiger partial charge >= 0.3 is 0 Å². The molecule has 0 aliphatic rings. The lowest BCUT2D eigenvalue weighted by Gasteiger charge is -2.19. The van der Waals surface area contributed by atoms with Crippen LogP contribution in [0.5, 0.6) is 0 Å². The molecule has 0 fully saturated rings. The lowest BCUT2D eigenvalue weighted by atomic mass is 10.0. The normalized spacial score (nSPS) is 11.8. The molecule has 2 aromatic carbocycles. The van der Waals surface area contributed by atoms with Crippen LogP contribution in [0, 0.1) is 20.8 Å². The van der Waals surface area contributed by atoms with E-state index in [2.05, 4.69) is 80.8 Å². The van der Waals surface area contributed by atoms with Gasteiger partial charge in [-0.3, -0.25) is 0 Å². The molecule has 0 aliphatic heterocycles. The Morgan fingerprint density at radius 1 is 1.00 bits per heavy atom. The Hall–Kier alpha value is -1.87. The molecular formula is C18H22N2S. The van der Waals surface area contributed by atoms with Gasteiger partial charge in [0.15, 0.2) is 5.11 Å². The zero-order chi connectivity index (χ0) is 15.4. The van der Waals surface area contributed by atoms with E-state index in [0.717, 1.165) is 5.69 Å². The topological polar surface area (TPSA) is 24.1 Å². The Morgan fingerprint density at radius 3 is 2.24 bits per heavy atom. The van der Waals surface area contributed by atoms with Crippen LogP contribution in [0.25, 0.3) is 0 Å². The van der Waals surface area contributed by atoms with E-state index in [1.807, 2.05) is 0 Å². The van der Waals surface area contributed by atoms with Gasteiger partial charge in [-0.05, 0) is 74.3 Å². The van der Waals surface area contributed by atoms with Gasteiger partial charge in [0.1, 0.15) is 0 Å². The van der Waals surface area contributed by atoms with Crippen LogP contribution in [-0.2, 0) is 0 Å². The second-order valence-corrected chi connectivity index (χ2v) is 5.96. The van der Waals surface area contributed by atoms with Crippen molar-refractivity contribution >= 4 is 23.0 Å². The molecule has 0 bridgehead atoms. The SMILES string of the molecule is Cc1cc(C)cc(NC(=S)N[C@H](C)c2ccccc2C)c1. The molecule has 0 saturated heterocycles. The highest BCUT2D eigenvalue weighted by molar-refractivity contribution is 7.80. The van der Waals surface area contributed by atoms with Crippen molar-refractivity contribution in [1.29, 1.82) is 0 Å². The van der Waals surface area contributed by atoms with Crippen molar-refractivity contribution in [3.63, 3.8) is 0 Å². The molecule has 2 aromatic rings. The third-order valence-corrected chi connectivity index (χ3v) is 3.70. The summed E-state index contributed by atoms with van der Waals surface area (Å²) >= 11 is 5.42. The fourth-order valence-corrected chi connectivity index (χ4v) is 2.86. The summed E-state index contributed by atoms with van der Waals surface area (Å²) in [7, 11) is 0. The van der Waals surface area contributed by atoms with Gasteiger partial charge in [0.25, 0.3) is 0 Å². The van der Waals surface area contributed by atoms with E-state index in [-0.39, 0.29) is 6.04 Å². The summed E-state index contributed by atoms with van der Waals surface area (Å²) in [5.74, 6) is 0. The van der Waals surface area contributed by atoms with Crippen LogP contribution in [0.2, 0.25) is 0 Å². The molecule has 0 amide bonds. The second-order valence-electron chi connectivity index (χ2n) is 5.55. The van der Waals surface area contributed by atoms with E-state index in [4.69, 9.17) is 12.2 Å². The van der Waals surface area contributed by atoms with Crippen molar-refractivity contribution in [2.45, 2.75) is 33.7 Å². The number of thiocarbonyl (C=S) groups is 1. The number of anilines is 1. The van der Waals surface area contributed by atoms with E-state index in [1.165, 1.54) is 22.3 Å². The van der Waals surface area contributed by atoms with Gasteiger partial charge in [0.2, 0.25) is 0 Å². The Labute approximate surface area is 132 Å². The minimum absolute atomic E-state index is 0.178. The summed E-state index contributed by atoms with van der Waals surface area (Å²) in [4.78, 5) is 0. The summed E-state index contributed by atoms with van der Waals surface area (Å²) in [5, 5.41) is 7.26. The first kappa shape index (κ1) is 15.5. The van der Waals surface area contributed by atoms with Gasteiger partial charge in [0.05, 0.1) is 6.04 Å². The Kier molecular flexibility index (Phi) is 4.97. The van der Waals surface area contributed by atoms with Crippen LogP contribution in [0.1, 0.15) is 35.2 Å². The Balaban J connectivity index is 2.03. The largest absolute Gasteiger partial charge is 0.356 e. The highest BCUT2D eigenvalue weighted by Gasteiger charge is 2.09. The predicted molar refractivity (Wildman–Crippen MR) is 94.9 cm³/mol. The molecule has 2 nitrogen and oxygen atoms in total. The molecule has 2 N–H and O–H groups in total. The first-order chi connectivity index (χ1) is 9.95. The second kappa shape index (κ2) is 6.72. The van der Waals surface area contributed by atoms with E-state index in [0.29, 0.717) is 5.11 Å². The summed E-state index contributed by atoms with van der Waals surface area (Å²) < 4.78 is 0. The number of nitrogens with one attached hydrogen (secondary N) is 2. The summed E-state index contributed by atoms with van der Waals surface area (Å²) in [6, 6.07) is 14.9. The van der Waals surface area contributed by atoms with Crippen molar-refractivity contribution in [1.82, 2.24) is 5.32 Å². The minimum Gasteiger partial charge on any atom is -0.356 e. The number of aryl methyl sites for hydroxylation is 3. The Bertz CT molecular complexity index is 629. The molecule has 2 rings (SSSR count). The first-order valence-corrected chi connectivity index (χ1v) is 7.58. The molecule has 0 saturated carbocycles.